The Morgan fingerprint density at radius 1 is 0.969 bits per heavy atom. The van der Waals surface area contributed by atoms with Crippen LogP contribution in [0.15, 0.2) is 54.2 Å². The van der Waals surface area contributed by atoms with Crippen LogP contribution in [-0.4, -0.2) is 18.1 Å². The largest absolute Gasteiger partial charge is 0.387 e. The van der Waals surface area contributed by atoms with E-state index in [1.165, 1.54) is 12.1 Å². The van der Waals surface area contributed by atoms with E-state index < -0.39 is 0 Å². The monoisotopic (exact) mass is 427 g/mol. The van der Waals surface area contributed by atoms with Crippen LogP contribution in [0.2, 0.25) is 0 Å². The predicted molar refractivity (Wildman–Crippen MR) is 127 cm³/mol. The van der Waals surface area contributed by atoms with Gasteiger partial charge in [0.1, 0.15) is 0 Å². The van der Waals surface area contributed by atoms with Gasteiger partial charge in [-0.1, -0.05) is 56.3 Å². The molecular weight excluding hydrogens is 394 g/mol. The number of piperidine rings is 1. The van der Waals surface area contributed by atoms with Crippen LogP contribution in [0.25, 0.3) is 10.8 Å². The van der Waals surface area contributed by atoms with Gasteiger partial charge in [0.15, 0.2) is 11.6 Å². The summed E-state index contributed by atoms with van der Waals surface area (Å²) >= 11 is 0. The molecule has 1 saturated heterocycles. The lowest BCUT2D eigenvalue weighted by atomic mass is 9.49. The predicted octanol–water partition coefficient (Wildman–Crippen LogP) is 5.94. The highest BCUT2D eigenvalue weighted by Crippen LogP contribution is 2.64. The van der Waals surface area contributed by atoms with Crippen LogP contribution in [0.4, 0.5) is 0 Å². The maximum Gasteiger partial charge on any atom is 0.167 e. The normalized spacial score (nSPS) is 38.3. The quantitative estimate of drug-likeness (QED) is 0.604. The Kier molecular flexibility index (Phi) is 4.44. The summed E-state index contributed by atoms with van der Waals surface area (Å²) < 4.78 is 0. The van der Waals surface area contributed by atoms with Crippen molar-refractivity contribution >= 4 is 22.3 Å². The molecule has 166 valence electrons. The smallest absolute Gasteiger partial charge is 0.167 e. The van der Waals surface area contributed by atoms with Crippen molar-refractivity contribution in [3.05, 3.63) is 59.8 Å². The number of nitrogens with one attached hydrogen (secondary N) is 1. The zero-order chi connectivity index (χ0) is 22.1. The molecule has 6 rings (SSSR count). The fourth-order valence-corrected chi connectivity index (χ4v) is 8.20. The third-order valence-corrected chi connectivity index (χ3v) is 9.97. The lowest BCUT2D eigenvalue weighted by Crippen LogP contribution is -2.57. The fraction of sp³-hybridized carbons (Fsp3) is 0.517. The van der Waals surface area contributed by atoms with E-state index in [1.807, 2.05) is 30.3 Å². The van der Waals surface area contributed by atoms with Crippen LogP contribution in [-0.2, 0) is 4.79 Å². The standard InChI is InChI=1S/C29H33NO2/c1-28-15-13-24-22(17-30-26-16-19(31)12-14-29(24,26)2)23(28)10-11-25(28)27(32)21-9-5-7-18-6-3-4-8-20(18)21/h3-9,16,22-25,30H,10-15,17H2,1-2H3/t22-,23-,24-,25+,28-,29+/m0/s1. The summed E-state index contributed by atoms with van der Waals surface area (Å²) in [5.74, 6) is 2.52. The van der Waals surface area contributed by atoms with Crippen molar-refractivity contribution in [3.8, 4) is 0 Å². The van der Waals surface area contributed by atoms with E-state index in [4.69, 9.17) is 0 Å². The van der Waals surface area contributed by atoms with Gasteiger partial charge in [0.2, 0.25) is 0 Å². The first-order valence-corrected chi connectivity index (χ1v) is 12.4. The van der Waals surface area contributed by atoms with Gasteiger partial charge in [-0.05, 0) is 66.0 Å². The number of hydrogen-bond donors (Lipinski definition) is 1. The Morgan fingerprint density at radius 3 is 2.66 bits per heavy atom. The van der Waals surface area contributed by atoms with Gasteiger partial charge in [0, 0.05) is 41.6 Å². The second kappa shape index (κ2) is 7.04. The molecule has 1 aliphatic heterocycles. The number of rotatable bonds is 2. The number of allylic oxidation sites excluding steroid dienone is 2. The zero-order valence-electron chi connectivity index (χ0n) is 19.2. The molecule has 3 heteroatoms. The van der Waals surface area contributed by atoms with Crippen LogP contribution in [0.5, 0.6) is 0 Å². The molecule has 2 saturated carbocycles. The Labute approximate surface area is 190 Å². The molecular formula is C29H33NO2. The van der Waals surface area contributed by atoms with E-state index in [0.29, 0.717) is 30.0 Å². The van der Waals surface area contributed by atoms with Crippen molar-refractivity contribution in [2.24, 2.45) is 34.5 Å². The molecule has 2 aromatic rings. The molecule has 0 bridgehead atoms. The van der Waals surface area contributed by atoms with Gasteiger partial charge in [0.25, 0.3) is 0 Å². The van der Waals surface area contributed by atoms with Crippen molar-refractivity contribution in [1.29, 1.82) is 0 Å². The average molecular weight is 428 g/mol. The minimum Gasteiger partial charge on any atom is -0.387 e. The van der Waals surface area contributed by atoms with E-state index >= 15 is 0 Å². The maximum atomic E-state index is 13.9. The topological polar surface area (TPSA) is 46.2 Å². The van der Waals surface area contributed by atoms with Crippen LogP contribution >= 0.6 is 0 Å². The van der Waals surface area contributed by atoms with Crippen molar-refractivity contribution in [1.82, 2.24) is 5.32 Å². The van der Waals surface area contributed by atoms with Crippen molar-refractivity contribution in [2.45, 2.75) is 52.4 Å². The summed E-state index contributed by atoms with van der Waals surface area (Å²) in [6.07, 6.45) is 7.97. The summed E-state index contributed by atoms with van der Waals surface area (Å²) in [6, 6.07) is 14.5. The van der Waals surface area contributed by atoms with Gasteiger partial charge in [-0.3, -0.25) is 9.59 Å². The molecule has 2 aromatic carbocycles. The molecule has 0 amide bonds. The number of carbonyl (C=O) groups excluding carboxylic acids is 2. The summed E-state index contributed by atoms with van der Waals surface area (Å²) in [6.45, 7) is 5.74. The number of ketones is 2. The van der Waals surface area contributed by atoms with Gasteiger partial charge < -0.3 is 5.32 Å². The highest BCUT2D eigenvalue weighted by Gasteiger charge is 2.60. The molecule has 3 fully saturated rings. The minimum atomic E-state index is 0.0684. The van der Waals surface area contributed by atoms with Crippen LogP contribution in [0, 0.1) is 34.5 Å². The number of benzene rings is 2. The Hall–Kier alpha value is -2.42. The SMILES string of the molecule is C[C@]12CC[C@H]3[C@@H](CNC4=CC(=O)CC[C@@]43C)[C@@H]1CC[C@@H]2C(=O)c1cccc2ccccc12. The molecule has 3 nitrogen and oxygen atoms in total. The lowest BCUT2D eigenvalue weighted by molar-refractivity contribution is -0.117. The van der Waals surface area contributed by atoms with Gasteiger partial charge in [0.05, 0.1) is 0 Å². The molecule has 0 unspecified atom stereocenters. The second-order valence-corrected chi connectivity index (χ2v) is 11.3. The third-order valence-electron chi connectivity index (χ3n) is 9.97. The molecule has 0 aromatic heterocycles. The Bertz CT molecular complexity index is 1140. The third kappa shape index (κ3) is 2.72. The van der Waals surface area contributed by atoms with Gasteiger partial charge in [-0.2, -0.15) is 0 Å². The summed E-state index contributed by atoms with van der Waals surface area (Å²) in [5, 5.41) is 5.92. The Morgan fingerprint density at radius 2 is 1.78 bits per heavy atom. The molecule has 1 N–H and O–H groups in total. The van der Waals surface area contributed by atoms with Gasteiger partial charge in [-0.25, -0.2) is 0 Å². The first kappa shape index (κ1) is 20.2. The molecule has 0 spiro atoms. The lowest BCUT2D eigenvalue weighted by Gasteiger charge is -2.58. The fourth-order valence-electron chi connectivity index (χ4n) is 8.20. The molecule has 1 heterocycles. The van der Waals surface area contributed by atoms with Crippen molar-refractivity contribution < 1.29 is 9.59 Å². The highest BCUT2D eigenvalue weighted by atomic mass is 16.1. The second-order valence-electron chi connectivity index (χ2n) is 11.3. The number of fused-ring (bicyclic) bond motifs is 6. The van der Waals surface area contributed by atoms with Crippen LogP contribution in [0.3, 0.4) is 0 Å². The summed E-state index contributed by atoms with van der Waals surface area (Å²) in [5.41, 5.74) is 2.25. The number of Topliss-reactive ketones (excluding diaryl/α,β-unsaturated/α-hetero) is 1. The number of hydrogen-bond acceptors (Lipinski definition) is 3. The molecule has 32 heavy (non-hydrogen) atoms. The average Bonchev–Trinajstić information content (AvgIpc) is 3.16. The summed E-state index contributed by atoms with van der Waals surface area (Å²) in [7, 11) is 0. The number of carbonyl (C=O) groups is 2. The Balaban J connectivity index is 1.32. The molecule has 4 aliphatic rings. The molecule has 0 radical (unpaired) electrons. The first-order chi connectivity index (χ1) is 15.4. The first-order valence-electron chi connectivity index (χ1n) is 12.4. The van der Waals surface area contributed by atoms with E-state index in [2.05, 4.69) is 37.4 Å². The van der Waals surface area contributed by atoms with E-state index in [1.54, 1.807) is 0 Å². The van der Waals surface area contributed by atoms with Gasteiger partial charge >= 0.3 is 0 Å². The molecule has 3 aliphatic carbocycles. The van der Waals surface area contributed by atoms with E-state index in [9.17, 15) is 9.59 Å². The van der Waals surface area contributed by atoms with Crippen molar-refractivity contribution in [3.63, 3.8) is 0 Å². The highest BCUT2D eigenvalue weighted by molar-refractivity contribution is 6.09. The van der Waals surface area contributed by atoms with E-state index in [-0.39, 0.29) is 22.5 Å². The van der Waals surface area contributed by atoms with Gasteiger partial charge in [-0.15, -0.1) is 0 Å². The maximum absolute atomic E-state index is 13.9. The van der Waals surface area contributed by atoms with Crippen LogP contribution in [0.1, 0.15) is 62.7 Å². The zero-order valence-corrected chi connectivity index (χ0v) is 19.2. The van der Waals surface area contributed by atoms with Crippen molar-refractivity contribution in [2.75, 3.05) is 6.54 Å². The minimum absolute atomic E-state index is 0.0684. The van der Waals surface area contributed by atoms with Crippen LogP contribution < -0.4 is 5.32 Å². The van der Waals surface area contributed by atoms with E-state index in [0.717, 1.165) is 48.6 Å². The molecule has 6 atom stereocenters. The summed E-state index contributed by atoms with van der Waals surface area (Å²) in [4.78, 5) is 26.0.